The molecule has 0 spiro atoms. The van der Waals surface area contributed by atoms with E-state index >= 15 is 0 Å². The molecule has 2 N–H and O–H groups in total. The zero-order chi connectivity index (χ0) is 25.7. The van der Waals surface area contributed by atoms with Gasteiger partial charge in [0.05, 0.1) is 16.8 Å². The van der Waals surface area contributed by atoms with Crippen LogP contribution in [0.25, 0.3) is 11.4 Å². The van der Waals surface area contributed by atoms with Crippen molar-refractivity contribution in [1.82, 2.24) is 19.9 Å². The standard InChI is InChI=1S/C22H13Cl2F4N7O/c23-15-2-1-3-16(25)18(15)19-32-20(31-13-8-9-29-17(24)10-13)34-21(33-19)35-30-11-12-4-6-14(7-5-12)36-22(26,27)28/h1-11H,(H2,29,31,32,33,34,35)/b30-11+. The number of hydrazone groups is 1. The summed E-state index contributed by atoms with van der Waals surface area (Å²) in [5.74, 6) is -1.16. The molecule has 36 heavy (non-hydrogen) atoms. The zero-order valence-electron chi connectivity index (χ0n) is 17.8. The molecule has 2 aromatic carbocycles. The molecular formula is C22H13Cl2F4N7O. The molecule has 0 aliphatic carbocycles. The van der Waals surface area contributed by atoms with Crippen LogP contribution in [0.4, 0.5) is 35.1 Å². The summed E-state index contributed by atoms with van der Waals surface area (Å²) in [6.07, 6.45) is -2.01. The Balaban J connectivity index is 1.60. The van der Waals surface area contributed by atoms with Gasteiger partial charge in [0.2, 0.25) is 11.9 Å². The third-order valence-corrected chi connectivity index (χ3v) is 4.82. The van der Waals surface area contributed by atoms with Crippen LogP contribution < -0.4 is 15.5 Å². The van der Waals surface area contributed by atoms with E-state index in [1.54, 1.807) is 6.07 Å². The average molecular weight is 538 g/mol. The van der Waals surface area contributed by atoms with Crippen LogP contribution in [0, 0.1) is 5.82 Å². The summed E-state index contributed by atoms with van der Waals surface area (Å²) in [5.41, 5.74) is 3.49. The molecule has 0 aliphatic rings. The number of halogens is 6. The van der Waals surface area contributed by atoms with Gasteiger partial charge in [0.15, 0.2) is 5.82 Å². The van der Waals surface area contributed by atoms with Crippen molar-refractivity contribution in [3.8, 4) is 17.1 Å². The van der Waals surface area contributed by atoms with Gasteiger partial charge in [-0.25, -0.2) is 14.8 Å². The van der Waals surface area contributed by atoms with E-state index in [2.05, 4.69) is 40.5 Å². The van der Waals surface area contributed by atoms with Crippen LogP contribution in [0.5, 0.6) is 5.75 Å². The first-order valence-electron chi connectivity index (χ1n) is 9.90. The maximum Gasteiger partial charge on any atom is 0.573 e. The van der Waals surface area contributed by atoms with Gasteiger partial charge in [0, 0.05) is 11.9 Å². The van der Waals surface area contributed by atoms with E-state index in [-0.39, 0.29) is 39.2 Å². The van der Waals surface area contributed by atoms with Crippen LogP contribution in [0.2, 0.25) is 10.2 Å². The zero-order valence-corrected chi connectivity index (χ0v) is 19.3. The Morgan fingerprint density at radius 1 is 0.944 bits per heavy atom. The Kier molecular flexibility index (Phi) is 7.46. The van der Waals surface area contributed by atoms with Crippen molar-refractivity contribution >= 4 is 47.0 Å². The van der Waals surface area contributed by atoms with Crippen molar-refractivity contribution in [3.05, 3.63) is 82.4 Å². The Bertz CT molecular complexity index is 1380. The topological polar surface area (TPSA) is 97.2 Å². The molecule has 0 saturated carbocycles. The smallest absolute Gasteiger partial charge is 0.406 e. The Morgan fingerprint density at radius 3 is 2.39 bits per heavy atom. The predicted octanol–water partition coefficient (Wildman–Crippen LogP) is 6.47. The highest BCUT2D eigenvalue weighted by Crippen LogP contribution is 2.29. The number of nitrogens with one attached hydrogen (secondary N) is 2. The largest absolute Gasteiger partial charge is 0.573 e. The number of anilines is 3. The fourth-order valence-corrected chi connectivity index (χ4v) is 3.26. The number of hydrogen-bond donors (Lipinski definition) is 2. The van der Waals surface area contributed by atoms with E-state index in [1.807, 2.05) is 0 Å². The molecule has 0 saturated heterocycles. The van der Waals surface area contributed by atoms with Gasteiger partial charge in [-0.3, -0.25) is 0 Å². The summed E-state index contributed by atoms with van der Waals surface area (Å²) in [5, 5.41) is 7.20. The van der Waals surface area contributed by atoms with E-state index in [9.17, 15) is 17.6 Å². The molecule has 4 rings (SSSR count). The molecule has 0 bridgehead atoms. The normalized spacial score (nSPS) is 11.5. The molecule has 0 amide bonds. The van der Waals surface area contributed by atoms with Gasteiger partial charge in [0.1, 0.15) is 16.7 Å². The molecule has 0 aliphatic heterocycles. The second-order valence-corrected chi connectivity index (χ2v) is 7.68. The molecule has 184 valence electrons. The average Bonchev–Trinajstić information content (AvgIpc) is 2.79. The lowest BCUT2D eigenvalue weighted by atomic mass is 10.2. The summed E-state index contributed by atoms with van der Waals surface area (Å²) in [6.45, 7) is 0. The van der Waals surface area contributed by atoms with Gasteiger partial charge >= 0.3 is 6.36 Å². The summed E-state index contributed by atoms with van der Waals surface area (Å²) in [7, 11) is 0. The third-order valence-electron chi connectivity index (χ3n) is 4.30. The minimum atomic E-state index is -4.79. The summed E-state index contributed by atoms with van der Waals surface area (Å²) < 4.78 is 55.3. The molecule has 4 aromatic rings. The van der Waals surface area contributed by atoms with Crippen molar-refractivity contribution in [2.24, 2.45) is 5.10 Å². The second-order valence-electron chi connectivity index (χ2n) is 6.88. The number of hydrogen-bond acceptors (Lipinski definition) is 8. The number of ether oxygens (including phenoxy) is 1. The van der Waals surface area contributed by atoms with Crippen molar-refractivity contribution in [3.63, 3.8) is 0 Å². The number of benzene rings is 2. The number of rotatable bonds is 7. The van der Waals surface area contributed by atoms with Crippen molar-refractivity contribution in [2.45, 2.75) is 6.36 Å². The first kappa shape index (κ1) is 25.1. The fourth-order valence-electron chi connectivity index (χ4n) is 2.83. The number of alkyl halides is 3. The molecule has 2 heterocycles. The highest BCUT2D eigenvalue weighted by Gasteiger charge is 2.30. The van der Waals surface area contributed by atoms with Gasteiger partial charge in [-0.1, -0.05) is 29.3 Å². The van der Waals surface area contributed by atoms with Crippen molar-refractivity contribution < 1.29 is 22.3 Å². The maximum absolute atomic E-state index is 14.5. The van der Waals surface area contributed by atoms with Crippen LogP contribution in [-0.4, -0.2) is 32.5 Å². The van der Waals surface area contributed by atoms with E-state index in [4.69, 9.17) is 23.2 Å². The Morgan fingerprint density at radius 2 is 1.69 bits per heavy atom. The lowest BCUT2D eigenvalue weighted by Crippen LogP contribution is -2.17. The van der Waals surface area contributed by atoms with Crippen LogP contribution >= 0.6 is 23.2 Å². The van der Waals surface area contributed by atoms with Gasteiger partial charge in [-0.15, -0.1) is 13.2 Å². The quantitative estimate of drug-likeness (QED) is 0.121. The minimum absolute atomic E-state index is 0.0212. The number of pyridine rings is 1. The minimum Gasteiger partial charge on any atom is -0.406 e. The molecule has 0 atom stereocenters. The SMILES string of the molecule is Fc1cccc(Cl)c1-c1nc(N/N=C/c2ccc(OC(F)(F)F)cc2)nc(Nc2ccnc(Cl)c2)n1. The molecule has 8 nitrogen and oxygen atoms in total. The Hall–Kier alpha value is -4.03. The molecule has 14 heteroatoms. The van der Waals surface area contributed by atoms with E-state index in [0.717, 1.165) is 12.1 Å². The van der Waals surface area contributed by atoms with Crippen molar-refractivity contribution in [1.29, 1.82) is 0 Å². The van der Waals surface area contributed by atoms with Gasteiger partial charge in [-0.2, -0.15) is 20.1 Å². The van der Waals surface area contributed by atoms with E-state index in [1.165, 1.54) is 48.8 Å². The summed E-state index contributed by atoms with van der Waals surface area (Å²) in [6, 6.07) is 12.3. The maximum atomic E-state index is 14.5. The fraction of sp³-hybridized carbons (Fsp3) is 0.0455. The van der Waals surface area contributed by atoms with Gasteiger partial charge in [-0.05, 0) is 54.1 Å². The monoisotopic (exact) mass is 537 g/mol. The highest BCUT2D eigenvalue weighted by atomic mass is 35.5. The lowest BCUT2D eigenvalue weighted by Gasteiger charge is -2.10. The first-order valence-corrected chi connectivity index (χ1v) is 10.7. The molecule has 0 radical (unpaired) electrons. The van der Waals surface area contributed by atoms with Crippen LogP contribution in [0.1, 0.15) is 5.56 Å². The number of nitrogens with zero attached hydrogens (tertiary/aromatic N) is 5. The third kappa shape index (κ3) is 6.77. The number of aromatic nitrogens is 4. The lowest BCUT2D eigenvalue weighted by molar-refractivity contribution is -0.274. The van der Waals surface area contributed by atoms with Gasteiger partial charge < -0.3 is 10.1 Å². The van der Waals surface area contributed by atoms with Gasteiger partial charge in [0.25, 0.3) is 0 Å². The van der Waals surface area contributed by atoms with Crippen LogP contribution in [-0.2, 0) is 0 Å². The Labute approximate surface area is 211 Å². The van der Waals surface area contributed by atoms with Crippen LogP contribution in [0.15, 0.2) is 65.9 Å². The predicted molar refractivity (Wildman–Crippen MR) is 127 cm³/mol. The van der Waals surface area contributed by atoms with Crippen LogP contribution in [0.3, 0.4) is 0 Å². The highest BCUT2D eigenvalue weighted by molar-refractivity contribution is 6.33. The second kappa shape index (κ2) is 10.7. The van der Waals surface area contributed by atoms with Crippen molar-refractivity contribution in [2.75, 3.05) is 10.7 Å². The molecule has 0 unspecified atom stereocenters. The molecule has 0 fully saturated rings. The summed E-state index contributed by atoms with van der Waals surface area (Å²) in [4.78, 5) is 16.5. The van der Waals surface area contributed by atoms with E-state index < -0.39 is 12.2 Å². The van der Waals surface area contributed by atoms with E-state index in [0.29, 0.717) is 11.3 Å². The first-order chi connectivity index (χ1) is 17.2. The molecule has 2 aromatic heterocycles. The summed E-state index contributed by atoms with van der Waals surface area (Å²) >= 11 is 12.1. The molecular weight excluding hydrogens is 525 g/mol.